The molecule has 0 spiro atoms. The van der Waals surface area contributed by atoms with Crippen molar-refractivity contribution in [3.8, 4) is 22.8 Å². The number of aromatic nitrogens is 1. The summed E-state index contributed by atoms with van der Waals surface area (Å²) in [6.07, 6.45) is 0. The van der Waals surface area contributed by atoms with E-state index in [1.54, 1.807) is 18.2 Å². The molecule has 0 bridgehead atoms. The lowest BCUT2D eigenvalue weighted by Crippen LogP contribution is -1.98. The highest BCUT2D eigenvalue weighted by Crippen LogP contribution is 2.34. The second kappa shape index (κ2) is 5.43. The van der Waals surface area contributed by atoms with Crippen LogP contribution in [0.5, 0.6) is 11.5 Å². The van der Waals surface area contributed by atoms with Crippen molar-refractivity contribution in [1.82, 2.24) is 4.98 Å². The molecule has 1 heterocycles. The highest BCUT2D eigenvalue weighted by atomic mass is 16.6. The third kappa shape index (κ3) is 2.61. The zero-order chi connectivity index (χ0) is 14.7. The van der Waals surface area contributed by atoms with E-state index in [9.17, 15) is 10.1 Å². The Bertz CT molecular complexity index is 658. The lowest BCUT2D eigenvalue weighted by atomic mass is 10.1. The molecule has 2 rings (SSSR count). The largest absolute Gasteiger partial charge is 0.497 e. The van der Waals surface area contributed by atoms with Crippen LogP contribution in [0.15, 0.2) is 30.3 Å². The van der Waals surface area contributed by atoms with Crippen molar-refractivity contribution < 1.29 is 14.4 Å². The number of nitrogen functional groups attached to an aromatic ring is 1. The highest BCUT2D eigenvalue weighted by Gasteiger charge is 2.15. The van der Waals surface area contributed by atoms with Gasteiger partial charge in [-0.15, -0.1) is 0 Å². The summed E-state index contributed by atoms with van der Waals surface area (Å²) < 4.78 is 10.4. The van der Waals surface area contributed by atoms with Crippen LogP contribution in [-0.2, 0) is 0 Å². The van der Waals surface area contributed by atoms with Crippen molar-refractivity contribution in [2.75, 3.05) is 20.0 Å². The van der Waals surface area contributed by atoms with Gasteiger partial charge < -0.3 is 15.2 Å². The SMILES string of the molecule is COc1ccc(OC)c(-c2cc([N+](=O)[O-])cc(N)n2)c1. The molecule has 0 saturated carbocycles. The van der Waals surface area contributed by atoms with Crippen LogP contribution in [0.3, 0.4) is 0 Å². The van der Waals surface area contributed by atoms with Gasteiger partial charge in [0.15, 0.2) is 0 Å². The summed E-state index contributed by atoms with van der Waals surface area (Å²) in [6.45, 7) is 0. The summed E-state index contributed by atoms with van der Waals surface area (Å²) in [5, 5.41) is 10.9. The molecule has 0 amide bonds. The molecule has 0 aliphatic carbocycles. The minimum atomic E-state index is -0.520. The van der Waals surface area contributed by atoms with Crippen LogP contribution >= 0.6 is 0 Å². The van der Waals surface area contributed by atoms with Gasteiger partial charge in [0.1, 0.15) is 17.3 Å². The van der Waals surface area contributed by atoms with E-state index in [-0.39, 0.29) is 11.5 Å². The van der Waals surface area contributed by atoms with Crippen molar-refractivity contribution in [2.24, 2.45) is 0 Å². The van der Waals surface area contributed by atoms with Gasteiger partial charge in [0.05, 0.1) is 30.9 Å². The third-order valence-electron chi connectivity index (χ3n) is 2.72. The quantitative estimate of drug-likeness (QED) is 0.678. The van der Waals surface area contributed by atoms with Gasteiger partial charge in [0, 0.05) is 11.6 Å². The number of hydrogen-bond donors (Lipinski definition) is 1. The topological polar surface area (TPSA) is 101 Å². The molecule has 2 N–H and O–H groups in total. The Morgan fingerprint density at radius 2 is 1.95 bits per heavy atom. The Balaban J connectivity index is 2.63. The second-order valence-electron chi connectivity index (χ2n) is 3.96. The van der Waals surface area contributed by atoms with Crippen molar-refractivity contribution in [2.45, 2.75) is 0 Å². The van der Waals surface area contributed by atoms with E-state index >= 15 is 0 Å². The summed E-state index contributed by atoms with van der Waals surface area (Å²) >= 11 is 0. The molecule has 2 aromatic rings. The van der Waals surface area contributed by atoms with Gasteiger partial charge in [0.2, 0.25) is 0 Å². The standard InChI is InChI=1S/C13H13N3O4/c1-19-9-3-4-12(20-2)10(7-9)11-5-8(16(17)18)6-13(14)15-11/h3-7H,1-2H3,(H2,14,15). The predicted octanol–water partition coefficient (Wildman–Crippen LogP) is 2.26. The fraction of sp³-hybridized carbons (Fsp3) is 0.154. The maximum Gasteiger partial charge on any atom is 0.275 e. The molecule has 0 fully saturated rings. The zero-order valence-electron chi connectivity index (χ0n) is 11.0. The summed E-state index contributed by atoms with van der Waals surface area (Å²) in [5.41, 5.74) is 6.41. The Hall–Kier alpha value is -2.83. The molecule has 0 aliphatic heterocycles. The molecule has 1 aromatic carbocycles. The number of nitrogens with zero attached hydrogens (tertiary/aromatic N) is 2. The van der Waals surface area contributed by atoms with Crippen LogP contribution in [0, 0.1) is 10.1 Å². The monoisotopic (exact) mass is 275 g/mol. The molecule has 7 nitrogen and oxygen atoms in total. The number of pyridine rings is 1. The molecule has 0 unspecified atom stereocenters. The molecule has 0 radical (unpaired) electrons. The minimum absolute atomic E-state index is 0.0686. The molecular weight excluding hydrogens is 262 g/mol. The van der Waals surface area contributed by atoms with Gasteiger partial charge in [-0.05, 0) is 18.2 Å². The van der Waals surface area contributed by atoms with Gasteiger partial charge in [0.25, 0.3) is 5.69 Å². The van der Waals surface area contributed by atoms with E-state index in [4.69, 9.17) is 15.2 Å². The first-order valence-electron chi connectivity index (χ1n) is 5.69. The number of hydrogen-bond acceptors (Lipinski definition) is 6. The Morgan fingerprint density at radius 1 is 1.20 bits per heavy atom. The van der Waals surface area contributed by atoms with Crippen LogP contribution in [0.1, 0.15) is 0 Å². The fourth-order valence-electron chi connectivity index (χ4n) is 1.79. The van der Waals surface area contributed by atoms with E-state index in [0.717, 1.165) is 0 Å². The Labute approximate surface area is 115 Å². The van der Waals surface area contributed by atoms with Gasteiger partial charge >= 0.3 is 0 Å². The lowest BCUT2D eigenvalue weighted by molar-refractivity contribution is -0.384. The summed E-state index contributed by atoms with van der Waals surface area (Å²) in [4.78, 5) is 14.5. The van der Waals surface area contributed by atoms with Crippen LogP contribution in [-0.4, -0.2) is 24.1 Å². The highest BCUT2D eigenvalue weighted by molar-refractivity contribution is 5.72. The average molecular weight is 275 g/mol. The normalized spacial score (nSPS) is 10.1. The fourth-order valence-corrected chi connectivity index (χ4v) is 1.79. The number of nitro groups is 1. The lowest BCUT2D eigenvalue weighted by Gasteiger charge is -2.10. The smallest absolute Gasteiger partial charge is 0.275 e. The molecule has 0 saturated heterocycles. The van der Waals surface area contributed by atoms with Crippen molar-refractivity contribution >= 4 is 11.5 Å². The molecule has 0 aliphatic rings. The van der Waals surface area contributed by atoms with Crippen LogP contribution in [0.4, 0.5) is 11.5 Å². The third-order valence-corrected chi connectivity index (χ3v) is 2.72. The van der Waals surface area contributed by atoms with Gasteiger partial charge in [-0.2, -0.15) is 0 Å². The van der Waals surface area contributed by atoms with Crippen LogP contribution in [0.25, 0.3) is 11.3 Å². The molecule has 104 valence electrons. The van der Waals surface area contributed by atoms with Crippen molar-refractivity contribution in [1.29, 1.82) is 0 Å². The summed E-state index contributed by atoms with van der Waals surface area (Å²) in [5.74, 6) is 1.19. The number of ether oxygens (including phenoxy) is 2. The van der Waals surface area contributed by atoms with E-state index < -0.39 is 4.92 Å². The second-order valence-corrected chi connectivity index (χ2v) is 3.96. The first-order chi connectivity index (χ1) is 9.55. The average Bonchev–Trinajstić information content (AvgIpc) is 2.45. The van der Waals surface area contributed by atoms with Gasteiger partial charge in [-0.25, -0.2) is 4.98 Å². The molecule has 7 heteroatoms. The van der Waals surface area contributed by atoms with Crippen LogP contribution < -0.4 is 15.2 Å². The van der Waals surface area contributed by atoms with Crippen LogP contribution in [0.2, 0.25) is 0 Å². The molecule has 1 aromatic heterocycles. The molecule has 0 atom stereocenters. The minimum Gasteiger partial charge on any atom is -0.497 e. The van der Waals surface area contributed by atoms with Crippen molar-refractivity contribution in [3.63, 3.8) is 0 Å². The number of methoxy groups -OCH3 is 2. The first kappa shape index (κ1) is 13.6. The van der Waals surface area contributed by atoms with Crippen molar-refractivity contribution in [3.05, 3.63) is 40.4 Å². The number of nitrogens with two attached hydrogens (primary N) is 1. The maximum atomic E-state index is 10.9. The van der Waals surface area contributed by atoms with E-state index in [2.05, 4.69) is 4.98 Å². The number of rotatable bonds is 4. The summed E-state index contributed by atoms with van der Waals surface area (Å²) in [7, 11) is 3.03. The zero-order valence-corrected chi connectivity index (χ0v) is 11.0. The van der Waals surface area contributed by atoms with E-state index in [1.165, 1.54) is 26.4 Å². The predicted molar refractivity (Wildman–Crippen MR) is 73.8 cm³/mol. The molecule has 20 heavy (non-hydrogen) atoms. The van der Waals surface area contributed by atoms with Gasteiger partial charge in [-0.3, -0.25) is 10.1 Å². The number of benzene rings is 1. The number of anilines is 1. The van der Waals surface area contributed by atoms with Gasteiger partial charge in [-0.1, -0.05) is 0 Å². The van der Waals surface area contributed by atoms with E-state index in [1.807, 2.05) is 0 Å². The maximum absolute atomic E-state index is 10.9. The summed E-state index contributed by atoms with van der Waals surface area (Å²) in [6, 6.07) is 7.65. The Morgan fingerprint density at radius 3 is 2.55 bits per heavy atom. The Kier molecular flexibility index (Phi) is 3.69. The molecular formula is C13H13N3O4. The first-order valence-corrected chi connectivity index (χ1v) is 5.69. The van der Waals surface area contributed by atoms with E-state index in [0.29, 0.717) is 22.8 Å².